The van der Waals surface area contributed by atoms with Crippen molar-refractivity contribution in [3.63, 3.8) is 0 Å². The summed E-state index contributed by atoms with van der Waals surface area (Å²) in [6.07, 6.45) is 1.84. The summed E-state index contributed by atoms with van der Waals surface area (Å²) in [4.78, 5) is 6.74. The molecule has 0 atom stereocenters. The number of pyridine rings is 1. The number of morpholine rings is 1. The maximum absolute atomic E-state index is 5.35. The Bertz CT molecular complexity index is 335. The molecular weight excluding hydrogens is 202 g/mol. The summed E-state index contributed by atoms with van der Waals surface area (Å²) in [6, 6.07) is 4.47. The third-order valence-corrected chi connectivity index (χ3v) is 2.54. The van der Waals surface area contributed by atoms with Gasteiger partial charge in [0.2, 0.25) is 0 Å². The average molecular weight is 221 g/mol. The zero-order valence-corrected chi connectivity index (χ0v) is 9.94. The SMILES string of the molecule is CC(C)Nc1cccnc1N1CCOCC1. The van der Waals surface area contributed by atoms with Crippen molar-refractivity contribution < 1.29 is 4.74 Å². The molecule has 0 aliphatic carbocycles. The number of hydrogen-bond acceptors (Lipinski definition) is 4. The van der Waals surface area contributed by atoms with E-state index >= 15 is 0 Å². The van der Waals surface area contributed by atoms with Crippen LogP contribution in [0.25, 0.3) is 0 Å². The van der Waals surface area contributed by atoms with Crippen molar-refractivity contribution >= 4 is 11.5 Å². The van der Waals surface area contributed by atoms with E-state index in [1.165, 1.54) is 0 Å². The van der Waals surface area contributed by atoms with E-state index in [1.54, 1.807) is 0 Å². The summed E-state index contributed by atoms with van der Waals surface area (Å²) in [5, 5.41) is 3.43. The van der Waals surface area contributed by atoms with Crippen molar-refractivity contribution in [1.29, 1.82) is 0 Å². The first-order valence-corrected chi connectivity index (χ1v) is 5.81. The van der Waals surface area contributed by atoms with Crippen LogP contribution in [0.5, 0.6) is 0 Å². The first-order chi connectivity index (χ1) is 7.77. The predicted molar refractivity (Wildman–Crippen MR) is 66.0 cm³/mol. The third-order valence-electron chi connectivity index (χ3n) is 2.54. The summed E-state index contributed by atoms with van der Waals surface area (Å²) in [6.45, 7) is 7.69. The lowest BCUT2D eigenvalue weighted by Crippen LogP contribution is -2.37. The van der Waals surface area contributed by atoms with Crippen LogP contribution >= 0.6 is 0 Å². The van der Waals surface area contributed by atoms with Crippen LogP contribution in [0.2, 0.25) is 0 Å². The van der Waals surface area contributed by atoms with Crippen molar-refractivity contribution in [2.45, 2.75) is 19.9 Å². The van der Waals surface area contributed by atoms with E-state index in [4.69, 9.17) is 4.74 Å². The normalized spacial score (nSPS) is 16.6. The van der Waals surface area contributed by atoms with Gasteiger partial charge in [-0.1, -0.05) is 0 Å². The van der Waals surface area contributed by atoms with Gasteiger partial charge in [0.05, 0.1) is 18.9 Å². The Hall–Kier alpha value is -1.29. The van der Waals surface area contributed by atoms with Crippen LogP contribution in [-0.4, -0.2) is 37.3 Å². The summed E-state index contributed by atoms with van der Waals surface area (Å²) in [5.74, 6) is 1.04. The first-order valence-electron chi connectivity index (χ1n) is 5.81. The maximum Gasteiger partial charge on any atom is 0.152 e. The van der Waals surface area contributed by atoms with E-state index in [0.717, 1.165) is 37.8 Å². The van der Waals surface area contributed by atoms with Crippen LogP contribution in [-0.2, 0) is 4.74 Å². The highest BCUT2D eigenvalue weighted by atomic mass is 16.5. The summed E-state index contributed by atoms with van der Waals surface area (Å²) >= 11 is 0. The Kier molecular flexibility index (Phi) is 3.62. The number of aromatic nitrogens is 1. The number of anilines is 2. The van der Waals surface area contributed by atoms with Crippen LogP contribution in [0, 0.1) is 0 Å². The maximum atomic E-state index is 5.35. The van der Waals surface area contributed by atoms with Gasteiger partial charge in [-0.05, 0) is 26.0 Å². The number of ether oxygens (including phenoxy) is 1. The van der Waals surface area contributed by atoms with E-state index in [1.807, 2.05) is 12.3 Å². The van der Waals surface area contributed by atoms with Crippen LogP contribution < -0.4 is 10.2 Å². The minimum absolute atomic E-state index is 0.420. The molecule has 1 aromatic heterocycles. The van der Waals surface area contributed by atoms with Crippen LogP contribution in [0.4, 0.5) is 11.5 Å². The molecule has 1 saturated heterocycles. The van der Waals surface area contributed by atoms with Gasteiger partial charge in [0, 0.05) is 25.3 Å². The molecule has 0 unspecified atom stereocenters. The molecule has 0 bridgehead atoms. The van der Waals surface area contributed by atoms with Gasteiger partial charge in [-0.25, -0.2) is 4.98 Å². The molecule has 2 heterocycles. The predicted octanol–water partition coefficient (Wildman–Crippen LogP) is 1.74. The molecule has 4 heteroatoms. The van der Waals surface area contributed by atoms with Crippen molar-refractivity contribution in [3.05, 3.63) is 18.3 Å². The van der Waals surface area contributed by atoms with Gasteiger partial charge in [-0.2, -0.15) is 0 Å². The fourth-order valence-electron chi connectivity index (χ4n) is 1.85. The molecule has 1 N–H and O–H groups in total. The van der Waals surface area contributed by atoms with E-state index < -0.39 is 0 Å². The Morgan fingerprint density at radius 1 is 1.38 bits per heavy atom. The van der Waals surface area contributed by atoms with Gasteiger partial charge in [0.25, 0.3) is 0 Å². The van der Waals surface area contributed by atoms with Crippen LogP contribution in [0.3, 0.4) is 0 Å². The number of nitrogens with one attached hydrogen (secondary N) is 1. The average Bonchev–Trinajstić information content (AvgIpc) is 2.30. The lowest BCUT2D eigenvalue weighted by Gasteiger charge is -2.29. The fraction of sp³-hybridized carbons (Fsp3) is 0.583. The molecule has 1 fully saturated rings. The molecule has 0 amide bonds. The zero-order chi connectivity index (χ0) is 11.4. The Labute approximate surface area is 96.6 Å². The Morgan fingerprint density at radius 2 is 2.12 bits per heavy atom. The van der Waals surface area contributed by atoms with Crippen LogP contribution in [0.15, 0.2) is 18.3 Å². The minimum Gasteiger partial charge on any atom is -0.380 e. The summed E-state index contributed by atoms with van der Waals surface area (Å²) < 4.78 is 5.35. The van der Waals surface area contributed by atoms with E-state index in [-0.39, 0.29) is 0 Å². The minimum atomic E-state index is 0.420. The summed E-state index contributed by atoms with van der Waals surface area (Å²) in [7, 11) is 0. The van der Waals surface area contributed by atoms with Gasteiger partial charge in [0.1, 0.15) is 0 Å². The third kappa shape index (κ3) is 2.64. The number of nitrogens with zero attached hydrogens (tertiary/aromatic N) is 2. The highest BCUT2D eigenvalue weighted by Crippen LogP contribution is 2.23. The molecule has 0 spiro atoms. The van der Waals surface area contributed by atoms with Gasteiger partial charge >= 0.3 is 0 Å². The van der Waals surface area contributed by atoms with Crippen molar-refractivity contribution in [1.82, 2.24) is 4.98 Å². The highest BCUT2D eigenvalue weighted by Gasteiger charge is 2.15. The van der Waals surface area contributed by atoms with E-state index in [2.05, 4.69) is 35.1 Å². The Balaban J connectivity index is 2.17. The molecule has 1 aromatic rings. The number of rotatable bonds is 3. The standard InChI is InChI=1S/C12H19N3O/c1-10(2)14-11-4-3-5-13-12(11)15-6-8-16-9-7-15/h3-5,10,14H,6-9H2,1-2H3. The lowest BCUT2D eigenvalue weighted by atomic mass is 10.3. The lowest BCUT2D eigenvalue weighted by molar-refractivity contribution is 0.122. The second kappa shape index (κ2) is 5.16. The molecule has 1 aliphatic heterocycles. The molecule has 4 nitrogen and oxygen atoms in total. The molecule has 0 saturated carbocycles. The first kappa shape index (κ1) is 11.2. The molecular formula is C12H19N3O. The smallest absolute Gasteiger partial charge is 0.152 e. The van der Waals surface area contributed by atoms with E-state index in [9.17, 15) is 0 Å². The van der Waals surface area contributed by atoms with Gasteiger partial charge < -0.3 is 15.0 Å². The molecule has 0 radical (unpaired) electrons. The van der Waals surface area contributed by atoms with Gasteiger partial charge in [0.15, 0.2) is 5.82 Å². The Morgan fingerprint density at radius 3 is 2.81 bits per heavy atom. The number of hydrogen-bond donors (Lipinski definition) is 1. The van der Waals surface area contributed by atoms with Crippen molar-refractivity contribution in [2.24, 2.45) is 0 Å². The fourth-order valence-corrected chi connectivity index (χ4v) is 1.85. The van der Waals surface area contributed by atoms with Gasteiger partial charge in [-0.3, -0.25) is 0 Å². The van der Waals surface area contributed by atoms with Gasteiger partial charge in [-0.15, -0.1) is 0 Å². The molecule has 2 rings (SSSR count). The molecule has 16 heavy (non-hydrogen) atoms. The second-order valence-electron chi connectivity index (χ2n) is 4.27. The van der Waals surface area contributed by atoms with E-state index in [0.29, 0.717) is 6.04 Å². The topological polar surface area (TPSA) is 37.4 Å². The summed E-state index contributed by atoms with van der Waals surface area (Å²) in [5.41, 5.74) is 1.11. The quantitative estimate of drug-likeness (QED) is 0.843. The monoisotopic (exact) mass is 221 g/mol. The zero-order valence-electron chi connectivity index (χ0n) is 9.94. The largest absolute Gasteiger partial charge is 0.380 e. The second-order valence-corrected chi connectivity index (χ2v) is 4.27. The molecule has 0 aromatic carbocycles. The van der Waals surface area contributed by atoms with Crippen molar-refractivity contribution in [3.8, 4) is 0 Å². The van der Waals surface area contributed by atoms with Crippen LogP contribution in [0.1, 0.15) is 13.8 Å². The highest BCUT2D eigenvalue weighted by molar-refractivity contribution is 5.65. The molecule has 1 aliphatic rings. The molecule has 88 valence electrons. The van der Waals surface area contributed by atoms with Crippen molar-refractivity contribution in [2.75, 3.05) is 36.5 Å².